The molecule has 1 fully saturated rings. The monoisotopic (exact) mass is 240 g/mol. The summed E-state index contributed by atoms with van der Waals surface area (Å²) in [5.74, 6) is 1.04. The van der Waals surface area contributed by atoms with E-state index in [0.717, 1.165) is 18.8 Å². The van der Waals surface area contributed by atoms with Crippen molar-refractivity contribution in [1.82, 2.24) is 10.2 Å². The van der Waals surface area contributed by atoms with E-state index in [1.807, 2.05) is 0 Å². The molecule has 1 unspecified atom stereocenters. The molecule has 0 amide bonds. The Kier molecular flexibility index (Phi) is 4.21. The summed E-state index contributed by atoms with van der Waals surface area (Å²) in [7, 11) is 3.80. The van der Waals surface area contributed by atoms with E-state index < -0.39 is 0 Å². The summed E-state index contributed by atoms with van der Waals surface area (Å²) in [4.78, 5) is 3.86. The van der Waals surface area contributed by atoms with Gasteiger partial charge in [0.25, 0.3) is 0 Å². The highest BCUT2D eigenvalue weighted by molar-refractivity contribution is 7.10. The van der Waals surface area contributed by atoms with Gasteiger partial charge in [-0.3, -0.25) is 4.90 Å². The molecule has 1 aromatic heterocycles. The first-order valence-corrected chi connectivity index (χ1v) is 6.71. The van der Waals surface area contributed by atoms with Gasteiger partial charge in [0.15, 0.2) is 0 Å². The van der Waals surface area contributed by atoms with Gasteiger partial charge in [-0.1, -0.05) is 0 Å². The zero-order chi connectivity index (χ0) is 11.4. The van der Waals surface area contributed by atoms with Gasteiger partial charge in [0, 0.05) is 19.1 Å². The third kappa shape index (κ3) is 2.75. The van der Waals surface area contributed by atoms with Crippen LogP contribution in [0.25, 0.3) is 0 Å². The smallest absolute Gasteiger partial charge is 0.134 e. The number of likely N-dealkylation sites (tertiary alicyclic amines) is 1. The lowest BCUT2D eigenvalue weighted by Gasteiger charge is -2.32. The molecule has 0 aromatic carbocycles. The van der Waals surface area contributed by atoms with E-state index in [9.17, 15) is 0 Å². The number of methoxy groups -OCH3 is 1. The molecule has 2 heterocycles. The average molecular weight is 240 g/mol. The number of ether oxygens (including phenoxy) is 1. The molecule has 3 nitrogen and oxygen atoms in total. The highest BCUT2D eigenvalue weighted by atomic mass is 32.1. The maximum atomic E-state index is 5.35. The van der Waals surface area contributed by atoms with Crippen LogP contribution in [-0.2, 0) is 6.54 Å². The maximum Gasteiger partial charge on any atom is 0.134 e. The minimum absolute atomic E-state index is 0.653. The van der Waals surface area contributed by atoms with Crippen LogP contribution in [-0.4, -0.2) is 38.2 Å². The lowest BCUT2D eigenvalue weighted by molar-refractivity contribution is 0.188. The normalized spacial score (nSPS) is 22.2. The summed E-state index contributed by atoms with van der Waals surface area (Å²) in [6.45, 7) is 3.38. The molecule has 1 aliphatic heterocycles. The Morgan fingerprint density at radius 1 is 1.62 bits per heavy atom. The van der Waals surface area contributed by atoms with Crippen molar-refractivity contribution in [3.8, 4) is 5.75 Å². The second-order valence-corrected chi connectivity index (χ2v) is 5.28. The molecule has 0 spiro atoms. The highest BCUT2D eigenvalue weighted by Crippen LogP contribution is 2.26. The Hall–Kier alpha value is -0.580. The fraction of sp³-hybridized carbons (Fsp3) is 0.667. The van der Waals surface area contributed by atoms with Crippen molar-refractivity contribution < 1.29 is 4.74 Å². The summed E-state index contributed by atoms with van der Waals surface area (Å²) in [6.07, 6.45) is 2.59. The zero-order valence-corrected chi connectivity index (χ0v) is 10.8. The van der Waals surface area contributed by atoms with Crippen LogP contribution >= 0.6 is 11.3 Å². The van der Waals surface area contributed by atoms with E-state index >= 15 is 0 Å². The predicted molar refractivity (Wildman–Crippen MR) is 68.2 cm³/mol. The van der Waals surface area contributed by atoms with Gasteiger partial charge in [0.05, 0.1) is 12.0 Å². The van der Waals surface area contributed by atoms with Gasteiger partial charge >= 0.3 is 0 Å². The Bertz CT molecular complexity index is 327. The summed E-state index contributed by atoms with van der Waals surface area (Å²) in [5.41, 5.74) is 0. The van der Waals surface area contributed by atoms with Gasteiger partial charge < -0.3 is 10.1 Å². The van der Waals surface area contributed by atoms with Crippen LogP contribution in [0.3, 0.4) is 0 Å². The number of hydrogen-bond acceptors (Lipinski definition) is 4. The fourth-order valence-corrected chi connectivity index (χ4v) is 3.14. The van der Waals surface area contributed by atoms with Gasteiger partial charge in [-0.2, -0.15) is 0 Å². The molecule has 0 bridgehead atoms. The van der Waals surface area contributed by atoms with Gasteiger partial charge in [-0.25, -0.2) is 0 Å². The van der Waals surface area contributed by atoms with Crippen LogP contribution < -0.4 is 10.1 Å². The molecule has 0 radical (unpaired) electrons. The summed E-state index contributed by atoms with van der Waals surface area (Å²) >= 11 is 1.79. The molecule has 90 valence electrons. The highest BCUT2D eigenvalue weighted by Gasteiger charge is 2.19. The van der Waals surface area contributed by atoms with E-state index in [2.05, 4.69) is 28.7 Å². The van der Waals surface area contributed by atoms with E-state index in [0.29, 0.717) is 6.04 Å². The number of likely N-dealkylation sites (N-methyl/N-ethyl adjacent to an activating group) is 1. The topological polar surface area (TPSA) is 24.5 Å². The second kappa shape index (κ2) is 5.66. The fourth-order valence-electron chi connectivity index (χ4n) is 2.26. The minimum Gasteiger partial charge on any atom is -0.496 e. The standard InChI is InChI=1S/C12H20N2OS/c1-13-10-4-3-6-14(8-10)9-12-11(15-2)5-7-16-12/h5,7,10,13H,3-4,6,8-9H2,1-2H3. The van der Waals surface area contributed by atoms with Crippen molar-refractivity contribution in [3.05, 3.63) is 16.3 Å². The van der Waals surface area contributed by atoms with Gasteiger partial charge in [-0.15, -0.1) is 11.3 Å². The van der Waals surface area contributed by atoms with Gasteiger partial charge in [0.1, 0.15) is 5.75 Å². The molecule has 1 aliphatic rings. The van der Waals surface area contributed by atoms with Crippen LogP contribution in [0.2, 0.25) is 0 Å². The van der Waals surface area contributed by atoms with E-state index in [1.165, 1.54) is 24.3 Å². The number of thiophene rings is 1. The van der Waals surface area contributed by atoms with Crippen LogP contribution in [0, 0.1) is 0 Å². The van der Waals surface area contributed by atoms with Crippen molar-refractivity contribution in [2.45, 2.75) is 25.4 Å². The van der Waals surface area contributed by atoms with Crippen molar-refractivity contribution >= 4 is 11.3 Å². The van der Waals surface area contributed by atoms with E-state index in [-0.39, 0.29) is 0 Å². The Morgan fingerprint density at radius 2 is 2.50 bits per heavy atom. The largest absolute Gasteiger partial charge is 0.496 e. The predicted octanol–water partition coefficient (Wildman–Crippen LogP) is 1.94. The molecule has 1 N–H and O–H groups in total. The molecule has 1 saturated heterocycles. The van der Waals surface area contributed by atoms with Gasteiger partial charge in [-0.05, 0) is 37.9 Å². The van der Waals surface area contributed by atoms with Crippen LogP contribution in [0.4, 0.5) is 0 Å². The minimum atomic E-state index is 0.653. The number of hydrogen-bond donors (Lipinski definition) is 1. The first kappa shape index (κ1) is 11.9. The molecule has 0 saturated carbocycles. The van der Waals surface area contributed by atoms with Crippen molar-refractivity contribution in [1.29, 1.82) is 0 Å². The second-order valence-electron chi connectivity index (χ2n) is 4.28. The Morgan fingerprint density at radius 3 is 3.25 bits per heavy atom. The molecular formula is C12H20N2OS. The van der Waals surface area contributed by atoms with Crippen LogP contribution in [0.5, 0.6) is 5.75 Å². The van der Waals surface area contributed by atoms with Gasteiger partial charge in [0.2, 0.25) is 0 Å². The number of nitrogens with one attached hydrogen (secondary N) is 1. The third-order valence-corrected chi connectivity index (χ3v) is 4.09. The average Bonchev–Trinajstić information content (AvgIpc) is 2.76. The van der Waals surface area contributed by atoms with E-state index in [4.69, 9.17) is 4.74 Å². The molecule has 16 heavy (non-hydrogen) atoms. The lowest BCUT2D eigenvalue weighted by Crippen LogP contribution is -2.43. The SMILES string of the molecule is CNC1CCCN(Cc2sccc2OC)C1. The molecule has 1 atom stereocenters. The zero-order valence-electron chi connectivity index (χ0n) is 10.0. The molecular weight excluding hydrogens is 220 g/mol. The van der Waals surface area contributed by atoms with Crippen molar-refractivity contribution in [2.24, 2.45) is 0 Å². The summed E-state index contributed by atoms with van der Waals surface area (Å²) in [6, 6.07) is 2.71. The molecule has 2 rings (SSSR count). The lowest BCUT2D eigenvalue weighted by atomic mass is 10.1. The van der Waals surface area contributed by atoms with Crippen LogP contribution in [0.1, 0.15) is 17.7 Å². The summed E-state index contributed by atoms with van der Waals surface area (Å²) in [5, 5.41) is 5.48. The maximum absolute atomic E-state index is 5.35. The first-order valence-electron chi connectivity index (χ1n) is 5.83. The summed E-state index contributed by atoms with van der Waals surface area (Å²) < 4.78 is 5.35. The number of piperidine rings is 1. The number of nitrogens with zero attached hydrogens (tertiary/aromatic N) is 1. The van der Waals surface area contributed by atoms with Crippen molar-refractivity contribution in [3.63, 3.8) is 0 Å². The third-order valence-electron chi connectivity index (χ3n) is 3.21. The first-order chi connectivity index (χ1) is 7.83. The number of rotatable bonds is 4. The quantitative estimate of drug-likeness (QED) is 0.870. The van der Waals surface area contributed by atoms with Crippen LogP contribution in [0.15, 0.2) is 11.4 Å². The molecule has 4 heteroatoms. The Balaban J connectivity index is 1.93. The Labute approximate surface area is 101 Å². The molecule has 1 aromatic rings. The van der Waals surface area contributed by atoms with Crippen molar-refractivity contribution in [2.75, 3.05) is 27.2 Å². The molecule has 0 aliphatic carbocycles. The van der Waals surface area contributed by atoms with E-state index in [1.54, 1.807) is 18.4 Å².